The third kappa shape index (κ3) is 6.38. The van der Waals surface area contributed by atoms with Crippen molar-refractivity contribution in [3.8, 4) is 0 Å². The predicted octanol–water partition coefficient (Wildman–Crippen LogP) is 1.82. The Morgan fingerprint density at radius 3 is 2.71 bits per heavy atom. The molecule has 0 aliphatic heterocycles. The van der Waals surface area contributed by atoms with E-state index in [-0.39, 0.29) is 5.75 Å². The number of nitrogens with one attached hydrogen (secondary N) is 2. The van der Waals surface area contributed by atoms with Crippen molar-refractivity contribution >= 4 is 33.0 Å². The van der Waals surface area contributed by atoms with Crippen molar-refractivity contribution in [1.82, 2.24) is 10.0 Å². The predicted molar refractivity (Wildman–Crippen MR) is 73.1 cm³/mol. The second-order valence-electron chi connectivity index (χ2n) is 3.66. The molecule has 1 rings (SSSR count). The first-order chi connectivity index (χ1) is 8.03. The number of sulfonamides is 1. The first-order valence-electron chi connectivity index (χ1n) is 5.39. The lowest BCUT2D eigenvalue weighted by atomic mass is 10.3. The molecule has 0 aromatic carbocycles. The van der Waals surface area contributed by atoms with Crippen molar-refractivity contribution in [2.75, 3.05) is 19.3 Å². The van der Waals surface area contributed by atoms with Crippen LogP contribution in [0.15, 0.2) is 12.1 Å². The van der Waals surface area contributed by atoms with Gasteiger partial charge in [0.15, 0.2) is 0 Å². The van der Waals surface area contributed by atoms with Gasteiger partial charge in [0, 0.05) is 11.4 Å². The average molecular weight is 297 g/mol. The highest BCUT2D eigenvalue weighted by Gasteiger charge is 2.09. The van der Waals surface area contributed by atoms with E-state index in [1.165, 1.54) is 11.3 Å². The summed E-state index contributed by atoms with van der Waals surface area (Å²) in [4.78, 5) is 0.925. The second-order valence-corrected chi connectivity index (χ2v) is 7.38. The van der Waals surface area contributed by atoms with E-state index in [0.29, 0.717) is 17.3 Å². The van der Waals surface area contributed by atoms with Gasteiger partial charge in [0.05, 0.1) is 10.1 Å². The van der Waals surface area contributed by atoms with E-state index < -0.39 is 10.0 Å². The number of hydrogen-bond acceptors (Lipinski definition) is 4. The summed E-state index contributed by atoms with van der Waals surface area (Å²) in [7, 11) is -1.31. The summed E-state index contributed by atoms with van der Waals surface area (Å²) in [6, 6.07) is 3.60. The van der Waals surface area contributed by atoms with Crippen molar-refractivity contribution in [1.29, 1.82) is 0 Å². The number of rotatable bonds is 8. The summed E-state index contributed by atoms with van der Waals surface area (Å²) in [6.07, 6.45) is 1.53. The highest BCUT2D eigenvalue weighted by atomic mass is 35.5. The SMILES string of the molecule is CNCCCCS(=O)(=O)NCc1ccc(Cl)s1. The van der Waals surface area contributed by atoms with Crippen molar-refractivity contribution in [2.45, 2.75) is 19.4 Å². The number of unbranched alkanes of at least 4 members (excludes halogenated alkanes) is 1. The maximum atomic E-state index is 11.6. The van der Waals surface area contributed by atoms with Crippen molar-refractivity contribution in [3.05, 3.63) is 21.3 Å². The third-order valence-electron chi connectivity index (χ3n) is 2.19. The van der Waals surface area contributed by atoms with Crippen LogP contribution in [0.5, 0.6) is 0 Å². The minimum atomic E-state index is -3.17. The zero-order valence-electron chi connectivity index (χ0n) is 9.70. The fraction of sp³-hybridized carbons (Fsp3) is 0.600. The maximum absolute atomic E-state index is 11.6. The molecule has 17 heavy (non-hydrogen) atoms. The zero-order valence-corrected chi connectivity index (χ0v) is 12.1. The summed E-state index contributed by atoms with van der Waals surface area (Å²) in [5, 5.41) is 2.99. The molecule has 1 heterocycles. The van der Waals surface area contributed by atoms with Gasteiger partial charge in [0.1, 0.15) is 0 Å². The third-order valence-corrected chi connectivity index (χ3v) is 4.83. The summed E-state index contributed by atoms with van der Waals surface area (Å²) in [5.41, 5.74) is 0. The summed E-state index contributed by atoms with van der Waals surface area (Å²) in [6.45, 7) is 1.17. The highest BCUT2D eigenvalue weighted by Crippen LogP contribution is 2.21. The fourth-order valence-corrected chi connectivity index (χ4v) is 3.52. The van der Waals surface area contributed by atoms with Gasteiger partial charge in [-0.25, -0.2) is 13.1 Å². The van der Waals surface area contributed by atoms with Crippen LogP contribution in [-0.2, 0) is 16.6 Å². The van der Waals surface area contributed by atoms with Crippen LogP contribution in [0.2, 0.25) is 4.34 Å². The lowest BCUT2D eigenvalue weighted by molar-refractivity contribution is 0.576. The molecule has 0 saturated carbocycles. The fourth-order valence-electron chi connectivity index (χ4n) is 1.29. The normalized spacial score (nSPS) is 11.9. The summed E-state index contributed by atoms with van der Waals surface area (Å²) in [5.74, 6) is 0.174. The first kappa shape index (κ1) is 14.9. The standard InChI is InChI=1S/C10H17ClN2O2S2/c1-12-6-2-3-7-17(14,15)13-8-9-4-5-10(11)16-9/h4-5,12-13H,2-3,6-8H2,1H3. The molecular formula is C10H17ClN2O2S2. The highest BCUT2D eigenvalue weighted by molar-refractivity contribution is 7.89. The van der Waals surface area contributed by atoms with Gasteiger partial charge in [-0.05, 0) is 38.6 Å². The largest absolute Gasteiger partial charge is 0.320 e. The smallest absolute Gasteiger partial charge is 0.211 e. The van der Waals surface area contributed by atoms with E-state index in [1.54, 1.807) is 6.07 Å². The van der Waals surface area contributed by atoms with E-state index in [1.807, 2.05) is 13.1 Å². The lowest BCUT2D eigenvalue weighted by Crippen LogP contribution is -2.26. The maximum Gasteiger partial charge on any atom is 0.211 e. The molecule has 0 aliphatic rings. The minimum absolute atomic E-state index is 0.174. The molecule has 0 saturated heterocycles. The van der Waals surface area contributed by atoms with Gasteiger partial charge in [-0.2, -0.15) is 0 Å². The molecule has 0 fully saturated rings. The number of thiophene rings is 1. The van der Waals surface area contributed by atoms with Gasteiger partial charge in [-0.3, -0.25) is 0 Å². The van der Waals surface area contributed by atoms with E-state index in [4.69, 9.17) is 11.6 Å². The number of hydrogen-bond donors (Lipinski definition) is 2. The quantitative estimate of drug-likeness (QED) is 0.720. The van der Waals surface area contributed by atoms with E-state index in [9.17, 15) is 8.42 Å². The average Bonchev–Trinajstić information content (AvgIpc) is 2.68. The van der Waals surface area contributed by atoms with Crippen LogP contribution < -0.4 is 10.0 Å². The molecule has 0 radical (unpaired) electrons. The van der Waals surface area contributed by atoms with Crippen molar-refractivity contribution in [3.63, 3.8) is 0 Å². The van der Waals surface area contributed by atoms with Crippen LogP contribution in [0.4, 0.5) is 0 Å². The molecule has 4 nitrogen and oxygen atoms in total. The molecule has 1 aromatic rings. The summed E-state index contributed by atoms with van der Waals surface area (Å²) < 4.78 is 26.5. The Hall–Kier alpha value is -0.140. The monoisotopic (exact) mass is 296 g/mol. The van der Waals surface area contributed by atoms with Crippen molar-refractivity contribution in [2.24, 2.45) is 0 Å². The molecule has 2 N–H and O–H groups in total. The van der Waals surface area contributed by atoms with Gasteiger partial charge in [0.25, 0.3) is 0 Å². The Kier molecular flexibility index (Phi) is 6.43. The van der Waals surface area contributed by atoms with Gasteiger partial charge in [-0.15, -0.1) is 11.3 Å². The van der Waals surface area contributed by atoms with E-state index >= 15 is 0 Å². The second kappa shape index (κ2) is 7.33. The first-order valence-corrected chi connectivity index (χ1v) is 8.24. The molecule has 7 heteroatoms. The van der Waals surface area contributed by atoms with Crippen LogP contribution in [0.1, 0.15) is 17.7 Å². The Bertz CT molecular complexity index is 431. The topological polar surface area (TPSA) is 58.2 Å². The van der Waals surface area contributed by atoms with Crippen LogP contribution in [0, 0.1) is 0 Å². The Morgan fingerprint density at radius 2 is 2.12 bits per heavy atom. The van der Waals surface area contributed by atoms with Gasteiger partial charge in [-0.1, -0.05) is 11.6 Å². The Balaban J connectivity index is 2.29. The molecule has 98 valence electrons. The van der Waals surface area contributed by atoms with E-state index in [2.05, 4.69) is 10.0 Å². The lowest BCUT2D eigenvalue weighted by Gasteiger charge is -2.05. The van der Waals surface area contributed by atoms with Gasteiger partial charge in [0.2, 0.25) is 10.0 Å². The molecule has 0 spiro atoms. The van der Waals surface area contributed by atoms with E-state index in [0.717, 1.165) is 17.8 Å². The zero-order chi connectivity index (χ0) is 12.7. The molecule has 0 atom stereocenters. The van der Waals surface area contributed by atoms with Crippen LogP contribution in [0.25, 0.3) is 0 Å². The number of halogens is 1. The molecule has 0 unspecified atom stereocenters. The molecule has 0 bridgehead atoms. The minimum Gasteiger partial charge on any atom is -0.320 e. The Morgan fingerprint density at radius 1 is 1.35 bits per heavy atom. The molecule has 0 amide bonds. The Labute approximate surface area is 111 Å². The molecule has 1 aromatic heterocycles. The van der Waals surface area contributed by atoms with Crippen LogP contribution in [0.3, 0.4) is 0 Å². The van der Waals surface area contributed by atoms with Gasteiger partial charge >= 0.3 is 0 Å². The van der Waals surface area contributed by atoms with Crippen LogP contribution >= 0.6 is 22.9 Å². The summed E-state index contributed by atoms with van der Waals surface area (Å²) >= 11 is 7.15. The van der Waals surface area contributed by atoms with Crippen molar-refractivity contribution < 1.29 is 8.42 Å². The molecule has 0 aliphatic carbocycles. The molecular weight excluding hydrogens is 280 g/mol. The van der Waals surface area contributed by atoms with Crippen LogP contribution in [-0.4, -0.2) is 27.8 Å². The van der Waals surface area contributed by atoms with Gasteiger partial charge < -0.3 is 5.32 Å².